The van der Waals surface area contributed by atoms with Gasteiger partial charge in [-0.15, -0.1) is 5.10 Å². The van der Waals surface area contributed by atoms with Crippen LogP contribution in [0.2, 0.25) is 5.02 Å². The summed E-state index contributed by atoms with van der Waals surface area (Å²) in [6.45, 7) is 0. The molecule has 0 unspecified atom stereocenters. The lowest BCUT2D eigenvalue weighted by molar-refractivity contribution is 0.431. The lowest BCUT2D eigenvalue weighted by Gasteiger charge is -2.31. The third kappa shape index (κ3) is 3.91. The molecule has 2 heterocycles. The fourth-order valence-electron chi connectivity index (χ4n) is 3.25. The number of hydrogen-bond acceptors (Lipinski definition) is 5. The maximum absolute atomic E-state index is 11.5. The molecule has 140 valence electrons. The first-order valence-corrected chi connectivity index (χ1v) is 10.7. The van der Waals surface area contributed by atoms with Crippen molar-refractivity contribution in [1.29, 1.82) is 0 Å². The molecule has 4 rings (SSSR count). The molecule has 9 heteroatoms. The summed E-state index contributed by atoms with van der Waals surface area (Å²) >= 11 is 6.01. The molecule has 2 atom stereocenters. The Morgan fingerprint density at radius 1 is 1.11 bits per heavy atom. The van der Waals surface area contributed by atoms with Crippen molar-refractivity contribution >= 4 is 33.5 Å². The van der Waals surface area contributed by atoms with Gasteiger partial charge in [0.25, 0.3) is 5.95 Å². The van der Waals surface area contributed by atoms with Crippen LogP contribution >= 0.6 is 11.6 Å². The monoisotopic (exact) mass is 403 g/mol. The highest BCUT2D eigenvalue weighted by Crippen LogP contribution is 2.38. The Hall–Kier alpha value is -2.58. The molecule has 0 radical (unpaired) electrons. The summed E-state index contributed by atoms with van der Waals surface area (Å²) < 4.78 is 27.2. The van der Waals surface area contributed by atoms with Gasteiger partial charge in [-0.05, 0) is 29.7 Å². The molecule has 2 N–H and O–H groups in total. The number of nitrogens with zero attached hydrogens (tertiary/aromatic N) is 3. The smallest absolute Gasteiger partial charge is 0.257 e. The molecule has 0 saturated heterocycles. The molecule has 0 amide bonds. The van der Waals surface area contributed by atoms with Crippen molar-refractivity contribution in [2.75, 3.05) is 16.3 Å². The van der Waals surface area contributed by atoms with Crippen LogP contribution in [0.25, 0.3) is 0 Å². The summed E-state index contributed by atoms with van der Waals surface area (Å²) in [4.78, 5) is 4.33. The van der Waals surface area contributed by atoms with Crippen molar-refractivity contribution in [2.45, 2.75) is 18.5 Å². The summed E-state index contributed by atoms with van der Waals surface area (Å²) in [5.41, 5.74) is 2.15. The van der Waals surface area contributed by atoms with Gasteiger partial charge in [-0.2, -0.15) is 4.98 Å². The molecule has 27 heavy (non-hydrogen) atoms. The molecule has 0 spiro atoms. The Kier molecular flexibility index (Phi) is 4.53. The number of aromatic nitrogens is 3. The van der Waals surface area contributed by atoms with Gasteiger partial charge < -0.3 is 5.32 Å². The fourth-order valence-corrected chi connectivity index (χ4v) is 3.80. The molecular weight excluding hydrogens is 386 g/mol. The van der Waals surface area contributed by atoms with E-state index in [2.05, 4.69) is 20.1 Å². The predicted octanol–water partition coefficient (Wildman–Crippen LogP) is 3.45. The molecule has 0 fully saturated rings. The van der Waals surface area contributed by atoms with E-state index in [-0.39, 0.29) is 18.0 Å². The predicted molar refractivity (Wildman–Crippen MR) is 106 cm³/mol. The van der Waals surface area contributed by atoms with E-state index in [0.29, 0.717) is 11.0 Å². The summed E-state index contributed by atoms with van der Waals surface area (Å²) in [5, 5.41) is 8.40. The van der Waals surface area contributed by atoms with E-state index in [1.165, 1.54) is 0 Å². The van der Waals surface area contributed by atoms with E-state index in [9.17, 15) is 8.42 Å². The van der Waals surface area contributed by atoms with Gasteiger partial charge in [-0.1, -0.05) is 54.1 Å². The van der Waals surface area contributed by atoms with Gasteiger partial charge in [0.2, 0.25) is 16.0 Å². The molecule has 0 aliphatic carbocycles. The Morgan fingerprint density at radius 2 is 1.81 bits per heavy atom. The molecule has 1 aliphatic heterocycles. The topological polar surface area (TPSA) is 88.9 Å². The van der Waals surface area contributed by atoms with Crippen molar-refractivity contribution in [3.63, 3.8) is 0 Å². The lowest BCUT2D eigenvalue weighted by atomic mass is 9.93. The Balaban J connectivity index is 1.75. The zero-order valence-electron chi connectivity index (χ0n) is 14.5. The lowest BCUT2D eigenvalue weighted by Crippen LogP contribution is -2.28. The summed E-state index contributed by atoms with van der Waals surface area (Å²) in [5.74, 6) is 0.568. The second kappa shape index (κ2) is 6.86. The van der Waals surface area contributed by atoms with E-state index in [1.54, 1.807) is 4.68 Å². The molecule has 0 saturated carbocycles. The summed E-state index contributed by atoms with van der Waals surface area (Å²) in [6, 6.07) is 17.5. The Bertz CT molecular complexity index is 1050. The van der Waals surface area contributed by atoms with Crippen molar-refractivity contribution in [3.8, 4) is 0 Å². The standard InChI is InChI=1S/C18H18ClN5O2S/c1-27(25,26)23-17-21-18-20-15(12-7-9-14(19)10-8-12)11-16(24(18)22-17)13-5-3-2-4-6-13/h2-10,15-16H,11H2,1H3,(H2,20,21,22,23)/t15-,16-/m0/s1. The average molecular weight is 404 g/mol. The van der Waals surface area contributed by atoms with Gasteiger partial charge in [0, 0.05) is 5.02 Å². The number of benzene rings is 2. The van der Waals surface area contributed by atoms with Crippen LogP contribution in [0.5, 0.6) is 0 Å². The quantitative estimate of drug-likeness (QED) is 0.696. The molecule has 0 bridgehead atoms. The number of fused-ring (bicyclic) bond motifs is 1. The van der Waals surface area contributed by atoms with Crippen molar-refractivity contribution < 1.29 is 8.42 Å². The largest absolute Gasteiger partial charge is 0.347 e. The number of halogens is 1. The van der Waals surface area contributed by atoms with Gasteiger partial charge in [0.05, 0.1) is 18.3 Å². The Labute approximate surface area is 162 Å². The average Bonchev–Trinajstić information content (AvgIpc) is 3.02. The third-order valence-electron chi connectivity index (χ3n) is 4.42. The van der Waals surface area contributed by atoms with Crippen LogP contribution in [-0.2, 0) is 10.0 Å². The van der Waals surface area contributed by atoms with Gasteiger partial charge in [0.1, 0.15) is 0 Å². The number of sulfonamides is 1. The van der Waals surface area contributed by atoms with Crippen LogP contribution in [0.1, 0.15) is 29.6 Å². The molecule has 2 aromatic carbocycles. The second-order valence-electron chi connectivity index (χ2n) is 6.49. The van der Waals surface area contributed by atoms with E-state index in [0.717, 1.165) is 23.8 Å². The Morgan fingerprint density at radius 3 is 2.48 bits per heavy atom. The van der Waals surface area contributed by atoms with Crippen molar-refractivity contribution in [1.82, 2.24) is 14.8 Å². The van der Waals surface area contributed by atoms with Crippen LogP contribution in [0.15, 0.2) is 54.6 Å². The maximum atomic E-state index is 11.5. The number of nitrogens with one attached hydrogen (secondary N) is 2. The molecule has 1 aromatic heterocycles. The van der Waals surface area contributed by atoms with E-state index in [4.69, 9.17) is 11.6 Å². The number of rotatable bonds is 4. The van der Waals surface area contributed by atoms with Gasteiger partial charge in [0.15, 0.2) is 0 Å². The molecule has 7 nitrogen and oxygen atoms in total. The van der Waals surface area contributed by atoms with E-state index in [1.807, 2.05) is 54.6 Å². The third-order valence-corrected chi connectivity index (χ3v) is 5.23. The normalized spacial score (nSPS) is 19.2. The first-order chi connectivity index (χ1) is 12.9. The van der Waals surface area contributed by atoms with Crippen LogP contribution in [0.4, 0.5) is 11.9 Å². The minimum Gasteiger partial charge on any atom is -0.347 e. The van der Waals surface area contributed by atoms with E-state index < -0.39 is 10.0 Å². The van der Waals surface area contributed by atoms with Crippen molar-refractivity contribution in [3.05, 3.63) is 70.7 Å². The van der Waals surface area contributed by atoms with Crippen LogP contribution in [0, 0.1) is 0 Å². The van der Waals surface area contributed by atoms with Gasteiger partial charge in [-0.3, -0.25) is 4.72 Å². The minimum absolute atomic E-state index is 0.00439. The summed E-state index contributed by atoms with van der Waals surface area (Å²) in [6.07, 6.45) is 1.81. The molecule has 1 aliphatic rings. The zero-order chi connectivity index (χ0) is 19.0. The molecule has 3 aromatic rings. The summed E-state index contributed by atoms with van der Waals surface area (Å²) in [7, 11) is -3.46. The first kappa shape index (κ1) is 17.8. The second-order valence-corrected chi connectivity index (χ2v) is 8.67. The van der Waals surface area contributed by atoms with Crippen LogP contribution in [-0.4, -0.2) is 29.4 Å². The molecular formula is C18H18ClN5O2S. The van der Waals surface area contributed by atoms with Gasteiger partial charge >= 0.3 is 0 Å². The highest BCUT2D eigenvalue weighted by Gasteiger charge is 2.31. The van der Waals surface area contributed by atoms with E-state index >= 15 is 0 Å². The van der Waals surface area contributed by atoms with Crippen LogP contribution in [0.3, 0.4) is 0 Å². The number of anilines is 2. The zero-order valence-corrected chi connectivity index (χ0v) is 16.1. The maximum Gasteiger partial charge on any atom is 0.257 e. The number of hydrogen-bond donors (Lipinski definition) is 2. The minimum atomic E-state index is -3.46. The SMILES string of the molecule is CS(=O)(=O)Nc1nc2n(n1)[C@H](c1ccccc1)C[C@@H](c1ccc(Cl)cc1)N2. The van der Waals surface area contributed by atoms with Crippen LogP contribution < -0.4 is 10.0 Å². The highest BCUT2D eigenvalue weighted by molar-refractivity contribution is 7.91. The first-order valence-electron chi connectivity index (χ1n) is 8.40. The highest BCUT2D eigenvalue weighted by atomic mass is 35.5. The van der Waals surface area contributed by atoms with Crippen molar-refractivity contribution in [2.24, 2.45) is 0 Å². The van der Waals surface area contributed by atoms with Gasteiger partial charge in [-0.25, -0.2) is 13.1 Å². The fraction of sp³-hybridized carbons (Fsp3) is 0.222.